The van der Waals surface area contributed by atoms with Gasteiger partial charge in [0.25, 0.3) is 0 Å². The minimum absolute atomic E-state index is 0.375. The lowest BCUT2D eigenvalue weighted by Crippen LogP contribution is -2.58. The lowest BCUT2D eigenvalue weighted by molar-refractivity contribution is -0.178. The first-order valence-electron chi connectivity index (χ1n) is 5.99. The Hall–Kier alpha value is -0.880. The second kappa shape index (κ2) is 6.33. The highest BCUT2D eigenvalue weighted by molar-refractivity contribution is 5.15. The van der Waals surface area contributed by atoms with Crippen molar-refractivity contribution in [3.05, 3.63) is 23.7 Å². The monoisotopic (exact) mass is 256 g/mol. The maximum absolute atomic E-state index is 5.90. The van der Waals surface area contributed by atoms with Crippen LogP contribution in [0.2, 0.25) is 0 Å². The number of likely N-dealkylation sites (N-methyl/N-ethyl adjacent to an activating group) is 1. The molecule has 0 radical (unpaired) electrons. The van der Waals surface area contributed by atoms with Gasteiger partial charge in [0.15, 0.2) is 6.29 Å². The summed E-state index contributed by atoms with van der Waals surface area (Å²) in [4.78, 5) is 2.13. The van der Waals surface area contributed by atoms with E-state index in [1.165, 1.54) is 0 Å². The van der Waals surface area contributed by atoms with E-state index in [0.29, 0.717) is 6.54 Å². The molecular formula is C13H24N2O3. The zero-order valence-electron chi connectivity index (χ0n) is 11.9. The number of furan rings is 1. The average molecular weight is 256 g/mol. The van der Waals surface area contributed by atoms with Crippen molar-refractivity contribution in [2.24, 2.45) is 5.73 Å². The van der Waals surface area contributed by atoms with E-state index >= 15 is 0 Å². The molecule has 2 N–H and O–H groups in total. The SMILES string of the molecule is COC(OC)C(C)(CN)N(C)Cc1ccoc1C. The molecule has 5 heteroatoms. The van der Waals surface area contributed by atoms with Gasteiger partial charge < -0.3 is 19.6 Å². The van der Waals surface area contributed by atoms with Crippen LogP contribution in [0.3, 0.4) is 0 Å². The molecule has 5 nitrogen and oxygen atoms in total. The summed E-state index contributed by atoms with van der Waals surface area (Å²) in [5.74, 6) is 0.924. The van der Waals surface area contributed by atoms with Gasteiger partial charge in [-0.25, -0.2) is 0 Å². The topological polar surface area (TPSA) is 60.9 Å². The van der Waals surface area contributed by atoms with Crippen LogP contribution in [-0.4, -0.2) is 44.5 Å². The molecule has 1 heterocycles. The van der Waals surface area contributed by atoms with Crippen molar-refractivity contribution in [2.75, 3.05) is 27.8 Å². The maximum atomic E-state index is 5.90. The summed E-state index contributed by atoms with van der Waals surface area (Å²) < 4.78 is 16.0. The minimum Gasteiger partial charge on any atom is -0.469 e. The van der Waals surface area contributed by atoms with Crippen LogP contribution in [0.4, 0.5) is 0 Å². The first-order valence-corrected chi connectivity index (χ1v) is 5.99. The highest BCUT2D eigenvalue weighted by Crippen LogP contribution is 2.23. The summed E-state index contributed by atoms with van der Waals surface area (Å²) in [5, 5.41) is 0. The summed E-state index contributed by atoms with van der Waals surface area (Å²) in [5.41, 5.74) is 6.65. The van der Waals surface area contributed by atoms with Crippen molar-refractivity contribution >= 4 is 0 Å². The average Bonchev–Trinajstić information content (AvgIpc) is 2.76. The smallest absolute Gasteiger partial charge is 0.176 e. The van der Waals surface area contributed by atoms with Crippen molar-refractivity contribution in [2.45, 2.75) is 32.2 Å². The third kappa shape index (κ3) is 2.92. The van der Waals surface area contributed by atoms with Crippen LogP contribution >= 0.6 is 0 Å². The van der Waals surface area contributed by atoms with Crippen molar-refractivity contribution in [1.82, 2.24) is 4.90 Å². The van der Waals surface area contributed by atoms with Crippen LogP contribution in [0.1, 0.15) is 18.2 Å². The molecule has 0 saturated heterocycles. The largest absolute Gasteiger partial charge is 0.469 e. The number of hydrogen-bond donors (Lipinski definition) is 1. The molecule has 1 rings (SSSR count). The Kier molecular flexibility index (Phi) is 5.34. The maximum Gasteiger partial charge on any atom is 0.176 e. The number of nitrogens with two attached hydrogens (primary N) is 1. The fraction of sp³-hybridized carbons (Fsp3) is 0.692. The predicted octanol–water partition coefficient (Wildman–Crippen LogP) is 1.36. The van der Waals surface area contributed by atoms with Crippen molar-refractivity contribution in [3.8, 4) is 0 Å². The van der Waals surface area contributed by atoms with Crippen molar-refractivity contribution in [3.63, 3.8) is 0 Å². The summed E-state index contributed by atoms with van der Waals surface area (Å²) >= 11 is 0. The normalized spacial score (nSPS) is 15.3. The van der Waals surface area contributed by atoms with Crippen LogP contribution in [0.15, 0.2) is 16.7 Å². The Labute approximate surface area is 109 Å². The standard InChI is InChI=1S/C13H24N2O3/c1-10-11(6-7-18-10)8-15(3)13(2,9-14)12(16-4)17-5/h6-7,12H,8-9,14H2,1-5H3. The van der Waals surface area contributed by atoms with Crippen LogP contribution < -0.4 is 5.73 Å². The summed E-state index contributed by atoms with van der Waals surface area (Å²) in [6, 6.07) is 1.97. The number of aryl methyl sites for hydroxylation is 1. The lowest BCUT2D eigenvalue weighted by atomic mass is 9.98. The molecule has 0 amide bonds. The molecule has 0 saturated carbocycles. The highest BCUT2D eigenvalue weighted by atomic mass is 16.7. The third-order valence-electron chi connectivity index (χ3n) is 3.59. The number of nitrogens with zero attached hydrogens (tertiary/aromatic N) is 1. The molecular weight excluding hydrogens is 232 g/mol. The Morgan fingerprint density at radius 1 is 1.44 bits per heavy atom. The lowest BCUT2D eigenvalue weighted by Gasteiger charge is -2.42. The van der Waals surface area contributed by atoms with E-state index in [1.54, 1.807) is 20.5 Å². The second-order valence-corrected chi connectivity index (χ2v) is 4.72. The first kappa shape index (κ1) is 15.2. The Balaban J connectivity index is 2.84. The summed E-state index contributed by atoms with van der Waals surface area (Å²) in [6.07, 6.45) is 1.32. The van der Waals surface area contributed by atoms with Gasteiger partial charge in [0, 0.05) is 32.9 Å². The fourth-order valence-corrected chi connectivity index (χ4v) is 2.05. The second-order valence-electron chi connectivity index (χ2n) is 4.72. The molecule has 0 bridgehead atoms. The molecule has 1 aromatic rings. The number of methoxy groups -OCH3 is 2. The molecule has 0 aliphatic carbocycles. The van der Waals surface area contributed by atoms with Crippen LogP contribution in [0.5, 0.6) is 0 Å². The molecule has 0 aromatic carbocycles. The van der Waals surface area contributed by atoms with Gasteiger partial charge in [-0.15, -0.1) is 0 Å². The summed E-state index contributed by atoms with van der Waals surface area (Å²) in [7, 11) is 5.25. The highest BCUT2D eigenvalue weighted by Gasteiger charge is 2.37. The van der Waals surface area contributed by atoms with E-state index in [4.69, 9.17) is 19.6 Å². The first-order chi connectivity index (χ1) is 8.49. The Bertz CT molecular complexity index is 363. The quantitative estimate of drug-likeness (QED) is 0.746. The molecule has 0 aliphatic heterocycles. The van der Waals surface area contributed by atoms with Gasteiger partial charge in [0.1, 0.15) is 5.76 Å². The zero-order valence-corrected chi connectivity index (χ0v) is 11.9. The predicted molar refractivity (Wildman–Crippen MR) is 70.2 cm³/mol. The van der Waals surface area contributed by atoms with Gasteiger partial charge in [-0.2, -0.15) is 0 Å². The van der Waals surface area contributed by atoms with Gasteiger partial charge in [0.2, 0.25) is 0 Å². The molecule has 1 atom stereocenters. The van der Waals surface area contributed by atoms with Crippen LogP contribution in [0.25, 0.3) is 0 Å². The van der Waals surface area contributed by atoms with E-state index in [0.717, 1.165) is 17.9 Å². The van der Waals surface area contributed by atoms with Gasteiger partial charge in [-0.05, 0) is 27.0 Å². The number of rotatable bonds is 7. The minimum atomic E-state index is -0.396. The van der Waals surface area contributed by atoms with Gasteiger partial charge in [0.05, 0.1) is 11.8 Å². The van der Waals surface area contributed by atoms with E-state index in [-0.39, 0.29) is 6.29 Å². The molecule has 1 aromatic heterocycles. The Morgan fingerprint density at radius 2 is 2.06 bits per heavy atom. The zero-order chi connectivity index (χ0) is 13.8. The van der Waals surface area contributed by atoms with Gasteiger partial charge in [-0.1, -0.05) is 0 Å². The number of ether oxygens (including phenoxy) is 2. The Morgan fingerprint density at radius 3 is 2.44 bits per heavy atom. The molecule has 18 heavy (non-hydrogen) atoms. The molecule has 0 spiro atoms. The number of hydrogen-bond acceptors (Lipinski definition) is 5. The molecule has 0 fully saturated rings. The van der Waals surface area contributed by atoms with Gasteiger partial charge >= 0.3 is 0 Å². The molecule has 1 unspecified atom stereocenters. The van der Waals surface area contributed by atoms with Crippen molar-refractivity contribution in [1.29, 1.82) is 0 Å². The van der Waals surface area contributed by atoms with E-state index in [1.807, 2.05) is 27.0 Å². The van der Waals surface area contributed by atoms with E-state index in [2.05, 4.69) is 4.90 Å². The third-order valence-corrected chi connectivity index (χ3v) is 3.59. The molecule has 0 aliphatic rings. The van der Waals surface area contributed by atoms with Crippen LogP contribution in [-0.2, 0) is 16.0 Å². The fourth-order valence-electron chi connectivity index (χ4n) is 2.05. The van der Waals surface area contributed by atoms with Crippen LogP contribution in [0, 0.1) is 6.92 Å². The van der Waals surface area contributed by atoms with Gasteiger partial charge in [-0.3, -0.25) is 4.90 Å². The summed E-state index contributed by atoms with van der Waals surface area (Å²) in [6.45, 7) is 5.15. The molecule has 104 valence electrons. The van der Waals surface area contributed by atoms with Crippen molar-refractivity contribution < 1.29 is 13.9 Å². The van der Waals surface area contributed by atoms with E-state index < -0.39 is 5.54 Å². The van der Waals surface area contributed by atoms with E-state index in [9.17, 15) is 0 Å².